The maximum Gasteiger partial charge on any atom is 0.263 e. The standard InChI is InChI=1S/C18H13BrClN5O3/c19-10-2-1-3-13(8-10)25-17(27)15-16(18(25)28)24(23-22-15)9-14(26)21-12-6-4-11(20)5-7-12/h1-8,15-16H,9H2,(H,21,26)/t15-,16+/m1/s1. The molecule has 142 valence electrons. The summed E-state index contributed by atoms with van der Waals surface area (Å²) >= 11 is 9.15. The first-order valence-corrected chi connectivity index (χ1v) is 9.47. The second-order valence-electron chi connectivity index (χ2n) is 6.24. The number of anilines is 2. The Hall–Kier alpha value is -2.78. The van der Waals surface area contributed by atoms with Crippen LogP contribution in [0.25, 0.3) is 0 Å². The molecule has 0 saturated carbocycles. The Kier molecular flexibility index (Phi) is 4.86. The summed E-state index contributed by atoms with van der Waals surface area (Å²) in [5, 5.41) is 12.3. The van der Waals surface area contributed by atoms with E-state index in [4.69, 9.17) is 11.6 Å². The monoisotopic (exact) mass is 461 g/mol. The lowest BCUT2D eigenvalue weighted by Crippen LogP contribution is -2.43. The summed E-state index contributed by atoms with van der Waals surface area (Å²) in [6.07, 6.45) is 0. The van der Waals surface area contributed by atoms with E-state index in [1.807, 2.05) is 0 Å². The molecule has 4 rings (SSSR count). The number of rotatable bonds is 4. The normalized spacial score (nSPS) is 20.6. The number of nitrogens with one attached hydrogen (secondary N) is 1. The summed E-state index contributed by atoms with van der Waals surface area (Å²) in [5.74, 6) is -1.31. The molecule has 0 unspecified atom stereocenters. The first-order valence-electron chi connectivity index (χ1n) is 8.30. The van der Waals surface area contributed by atoms with Crippen LogP contribution in [0.2, 0.25) is 5.02 Å². The minimum atomic E-state index is -0.949. The van der Waals surface area contributed by atoms with E-state index in [0.717, 1.165) is 9.37 Å². The van der Waals surface area contributed by atoms with Gasteiger partial charge in [0.15, 0.2) is 12.1 Å². The van der Waals surface area contributed by atoms with E-state index >= 15 is 0 Å². The smallest absolute Gasteiger partial charge is 0.263 e. The van der Waals surface area contributed by atoms with Gasteiger partial charge in [-0.05, 0) is 42.5 Å². The maximum atomic E-state index is 12.9. The van der Waals surface area contributed by atoms with Gasteiger partial charge in [0.1, 0.15) is 6.54 Å². The molecule has 3 amide bonds. The van der Waals surface area contributed by atoms with Crippen molar-refractivity contribution < 1.29 is 14.4 Å². The highest BCUT2D eigenvalue weighted by Gasteiger charge is 2.55. The van der Waals surface area contributed by atoms with Gasteiger partial charge in [-0.15, -0.1) is 0 Å². The lowest BCUT2D eigenvalue weighted by molar-refractivity contribution is -0.123. The van der Waals surface area contributed by atoms with Gasteiger partial charge in [0.25, 0.3) is 11.8 Å². The number of amides is 3. The Bertz CT molecular complexity index is 997. The predicted molar refractivity (Wildman–Crippen MR) is 106 cm³/mol. The summed E-state index contributed by atoms with van der Waals surface area (Å²) in [7, 11) is 0. The molecule has 2 heterocycles. The van der Waals surface area contributed by atoms with E-state index in [1.165, 1.54) is 5.01 Å². The van der Waals surface area contributed by atoms with Gasteiger partial charge in [0.05, 0.1) is 5.69 Å². The zero-order valence-electron chi connectivity index (χ0n) is 14.3. The SMILES string of the molecule is O=C(CN1N=N[C@H]2C(=O)N(c3cccc(Br)c3)C(=O)[C@H]21)Nc1ccc(Cl)cc1. The molecule has 2 aromatic carbocycles. The quantitative estimate of drug-likeness (QED) is 0.707. The zero-order chi connectivity index (χ0) is 19.8. The third-order valence-corrected chi connectivity index (χ3v) is 5.10. The number of nitrogens with zero attached hydrogens (tertiary/aromatic N) is 4. The summed E-state index contributed by atoms with van der Waals surface area (Å²) in [4.78, 5) is 38.9. The Balaban J connectivity index is 1.49. The van der Waals surface area contributed by atoms with Gasteiger partial charge in [-0.2, -0.15) is 5.11 Å². The van der Waals surface area contributed by atoms with Crippen LogP contribution in [0.4, 0.5) is 11.4 Å². The summed E-state index contributed by atoms with van der Waals surface area (Å²) in [6.45, 7) is -0.210. The van der Waals surface area contributed by atoms with Crippen LogP contribution in [-0.4, -0.2) is 41.4 Å². The number of hydrogen-bond donors (Lipinski definition) is 1. The van der Waals surface area contributed by atoms with Gasteiger partial charge < -0.3 is 5.32 Å². The van der Waals surface area contributed by atoms with Crippen molar-refractivity contribution in [2.45, 2.75) is 12.1 Å². The molecule has 28 heavy (non-hydrogen) atoms. The highest BCUT2D eigenvalue weighted by atomic mass is 79.9. The molecule has 0 aromatic heterocycles. The van der Waals surface area contributed by atoms with Crippen molar-refractivity contribution in [1.29, 1.82) is 0 Å². The number of hydrogen-bond acceptors (Lipinski definition) is 6. The van der Waals surface area contributed by atoms with Crippen molar-refractivity contribution >= 4 is 56.6 Å². The molecule has 0 aliphatic carbocycles. The maximum absolute atomic E-state index is 12.9. The van der Waals surface area contributed by atoms with Crippen molar-refractivity contribution in [3.8, 4) is 0 Å². The number of fused-ring (bicyclic) bond motifs is 1. The van der Waals surface area contributed by atoms with E-state index in [2.05, 4.69) is 31.6 Å². The molecule has 1 saturated heterocycles. The topological polar surface area (TPSA) is 94.4 Å². The molecule has 0 spiro atoms. The first-order chi connectivity index (χ1) is 13.4. The van der Waals surface area contributed by atoms with Crippen molar-refractivity contribution in [2.75, 3.05) is 16.8 Å². The Morgan fingerprint density at radius 3 is 2.61 bits per heavy atom. The van der Waals surface area contributed by atoms with Crippen LogP contribution in [0.15, 0.2) is 63.3 Å². The van der Waals surface area contributed by atoms with Crippen LogP contribution in [0.5, 0.6) is 0 Å². The van der Waals surface area contributed by atoms with Gasteiger partial charge >= 0.3 is 0 Å². The van der Waals surface area contributed by atoms with E-state index in [-0.39, 0.29) is 12.5 Å². The van der Waals surface area contributed by atoms with E-state index in [1.54, 1.807) is 48.5 Å². The highest BCUT2D eigenvalue weighted by Crippen LogP contribution is 2.32. The molecular weight excluding hydrogens is 450 g/mol. The molecule has 10 heteroatoms. The number of halogens is 2. The lowest BCUT2D eigenvalue weighted by atomic mass is 10.1. The van der Waals surface area contributed by atoms with Gasteiger partial charge in [-0.1, -0.05) is 38.8 Å². The zero-order valence-corrected chi connectivity index (χ0v) is 16.6. The summed E-state index contributed by atoms with van der Waals surface area (Å²) in [6, 6.07) is 11.6. The summed E-state index contributed by atoms with van der Waals surface area (Å²) in [5.41, 5.74) is 1.01. The van der Waals surface area contributed by atoms with Gasteiger partial charge in [0.2, 0.25) is 5.91 Å². The van der Waals surface area contributed by atoms with E-state index in [0.29, 0.717) is 16.4 Å². The third-order valence-electron chi connectivity index (χ3n) is 4.36. The van der Waals surface area contributed by atoms with Crippen LogP contribution >= 0.6 is 27.5 Å². The molecule has 2 aliphatic heterocycles. The number of carbonyl (C=O) groups is 3. The van der Waals surface area contributed by atoms with Gasteiger partial charge in [-0.3, -0.25) is 19.4 Å². The molecule has 1 fully saturated rings. The van der Waals surface area contributed by atoms with Crippen molar-refractivity contribution in [3.63, 3.8) is 0 Å². The highest BCUT2D eigenvalue weighted by molar-refractivity contribution is 9.10. The molecule has 2 aromatic rings. The van der Waals surface area contributed by atoms with Gasteiger partial charge in [0, 0.05) is 15.2 Å². The molecule has 0 radical (unpaired) electrons. The third kappa shape index (κ3) is 3.38. The second kappa shape index (κ2) is 7.33. The Labute approximate surface area is 173 Å². The Morgan fingerprint density at radius 1 is 1.14 bits per heavy atom. The average Bonchev–Trinajstić information content (AvgIpc) is 3.17. The molecule has 8 nitrogen and oxygen atoms in total. The largest absolute Gasteiger partial charge is 0.324 e. The van der Waals surface area contributed by atoms with Crippen molar-refractivity contribution in [3.05, 3.63) is 58.0 Å². The fraction of sp³-hybridized carbons (Fsp3) is 0.167. The molecular formula is C18H13BrClN5O3. The van der Waals surface area contributed by atoms with Crippen molar-refractivity contribution in [1.82, 2.24) is 5.01 Å². The van der Waals surface area contributed by atoms with Gasteiger partial charge in [-0.25, -0.2) is 4.90 Å². The van der Waals surface area contributed by atoms with Crippen LogP contribution in [-0.2, 0) is 14.4 Å². The number of carbonyl (C=O) groups excluding carboxylic acids is 3. The van der Waals surface area contributed by atoms with Crippen molar-refractivity contribution in [2.24, 2.45) is 10.3 Å². The van der Waals surface area contributed by atoms with Crippen LogP contribution in [0.1, 0.15) is 0 Å². The average molecular weight is 463 g/mol. The molecule has 2 aliphatic rings. The summed E-state index contributed by atoms with van der Waals surface area (Å²) < 4.78 is 0.739. The number of imide groups is 1. The van der Waals surface area contributed by atoms with E-state index < -0.39 is 23.9 Å². The fourth-order valence-corrected chi connectivity index (χ4v) is 3.62. The van der Waals surface area contributed by atoms with Crippen LogP contribution in [0, 0.1) is 0 Å². The minimum absolute atomic E-state index is 0.210. The molecule has 1 N–H and O–H groups in total. The Morgan fingerprint density at radius 2 is 1.89 bits per heavy atom. The molecule has 0 bridgehead atoms. The number of benzene rings is 2. The minimum Gasteiger partial charge on any atom is -0.324 e. The first kappa shape index (κ1) is 18.6. The van der Waals surface area contributed by atoms with Crippen LogP contribution in [0.3, 0.4) is 0 Å². The predicted octanol–water partition coefficient (Wildman–Crippen LogP) is 3.03. The fourth-order valence-electron chi connectivity index (χ4n) is 3.10. The lowest BCUT2D eigenvalue weighted by Gasteiger charge is -2.20. The molecule has 2 atom stereocenters. The van der Waals surface area contributed by atoms with E-state index in [9.17, 15) is 14.4 Å². The second-order valence-corrected chi connectivity index (χ2v) is 7.59. The van der Waals surface area contributed by atoms with Crippen LogP contribution < -0.4 is 10.2 Å².